The minimum absolute atomic E-state index is 0.184. The molecular weight excluding hydrogens is 677 g/mol. The Morgan fingerprint density at radius 3 is 0.736 bits per heavy atom. The third-order valence-electron chi connectivity index (χ3n) is 12.9. The van der Waals surface area contributed by atoms with Crippen molar-refractivity contribution in [1.82, 2.24) is 35.2 Å². The van der Waals surface area contributed by atoms with E-state index in [4.69, 9.17) is 4.98 Å². The van der Waals surface area contributed by atoms with E-state index >= 15 is 4.39 Å². The standard InChI is InChI=1S/C39H68FN9O4/c1-32(2)17-25(18-33(3,4)46(32)50)44(26-19-34(5,6)47(51)35(7,8)20-26)30-41-29(40)42-31(43-30)45(27-21-36(9,10)48(52)37(11,12)22-27)28-23-38(13,14)49(53)39(15,16)24-28/h25-28H,17-24H2,1-16H3. The average Bonchev–Trinajstić information content (AvgIpc) is 2.95. The predicted molar refractivity (Wildman–Crippen MR) is 200 cm³/mol. The minimum Gasteiger partial charge on any atom is -0.334 e. The largest absolute Gasteiger partial charge is 0.334 e. The Labute approximate surface area is 318 Å². The maximum atomic E-state index is 16.3. The molecule has 5 rings (SSSR count). The fraction of sp³-hybridized carbons (Fsp3) is 0.923. The van der Waals surface area contributed by atoms with Gasteiger partial charge in [-0.2, -0.15) is 19.3 Å². The number of aromatic nitrogens is 3. The zero-order valence-electron chi connectivity index (χ0n) is 35.5. The third-order valence-corrected chi connectivity index (χ3v) is 12.9. The molecule has 0 spiro atoms. The van der Waals surface area contributed by atoms with E-state index in [-0.39, 0.29) is 36.1 Å². The lowest BCUT2D eigenvalue weighted by molar-refractivity contribution is -0.294. The van der Waals surface area contributed by atoms with E-state index in [1.807, 2.05) is 111 Å². The highest BCUT2D eigenvalue weighted by Gasteiger charge is 2.56. The van der Waals surface area contributed by atoms with Crippen molar-refractivity contribution in [2.45, 2.75) is 231 Å². The van der Waals surface area contributed by atoms with Gasteiger partial charge in [-0.1, -0.05) is 0 Å². The van der Waals surface area contributed by atoms with Gasteiger partial charge in [-0.15, -0.1) is 41.1 Å². The van der Waals surface area contributed by atoms with Gasteiger partial charge in [-0.25, -0.2) is 0 Å². The van der Waals surface area contributed by atoms with Crippen LogP contribution in [0.25, 0.3) is 0 Å². The summed E-state index contributed by atoms with van der Waals surface area (Å²) in [5.41, 5.74) is -5.87. The van der Waals surface area contributed by atoms with Crippen molar-refractivity contribution in [3.05, 3.63) is 6.08 Å². The zero-order valence-corrected chi connectivity index (χ0v) is 35.5. The summed E-state index contributed by atoms with van der Waals surface area (Å²) in [6.07, 6.45) is 2.97. The van der Waals surface area contributed by atoms with Crippen LogP contribution in [0.3, 0.4) is 0 Å². The van der Waals surface area contributed by atoms with Crippen LogP contribution in [-0.4, -0.2) is 104 Å². The van der Waals surface area contributed by atoms with Crippen LogP contribution in [-0.2, 0) is 20.8 Å². The molecule has 4 aliphatic heterocycles. The van der Waals surface area contributed by atoms with Gasteiger partial charge < -0.3 is 9.80 Å². The van der Waals surface area contributed by atoms with E-state index in [0.29, 0.717) is 51.4 Å². The molecule has 0 aliphatic carbocycles. The molecule has 300 valence electrons. The van der Waals surface area contributed by atoms with Crippen LogP contribution < -0.4 is 9.80 Å². The Morgan fingerprint density at radius 1 is 0.396 bits per heavy atom. The zero-order chi connectivity index (χ0) is 40.3. The lowest BCUT2D eigenvalue weighted by Gasteiger charge is -2.57. The Bertz CT molecular complexity index is 1250. The predicted octanol–water partition coefficient (Wildman–Crippen LogP) is 7.09. The summed E-state index contributed by atoms with van der Waals surface area (Å²) in [7, 11) is 0. The quantitative estimate of drug-likeness (QED) is 0.299. The highest BCUT2D eigenvalue weighted by atomic mass is 19.1. The molecule has 0 bridgehead atoms. The number of rotatable bonds is 6. The monoisotopic (exact) mass is 746 g/mol. The Hall–Kier alpha value is -1.78. The number of hydrogen-bond donors (Lipinski definition) is 0. The van der Waals surface area contributed by atoms with E-state index < -0.39 is 50.4 Å². The van der Waals surface area contributed by atoms with Gasteiger partial charge in [0.1, 0.15) is 0 Å². The van der Waals surface area contributed by atoms with E-state index in [2.05, 4.69) is 19.8 Å². The van der Waals surface area contributed by atoms with Crippen LogP contribution >= 0.6 is 0 Å². The fourth-order valence-corrected chi connectivity index (χ4v) is 11.4. The van der Waals surface area contributed by atoms with Crippen LogP contribution in [0.15, 0.2) is 0 Å². The first-order valence-electron chi connectivity index (χ1n) is 19.6. The summed E-state index contributed by atoms with van der Waals surface area (Å²) >= 11 is 0. The number of nitrogens with zero attached hydrogens (tertiary/aromatic N) is 9. The molecule has 1 aromatic heterocycles. The molecule has 0 saturated carbocycles. The highest BCUT2D eigenvalue weighted by Crippen LogP contribution is 2.48. The second kappa shape index (κ2) is 13.1. The normalized spacial score (nSPS) is 29.6. The van der Waals surface area contributed by atoms with Crippen molar-refractivity contribution in [2.24, 2.45) is 0 Å². The molecular formula is C39H68FN9O4. The number of anilines is 2. The SMILES string of the molecule is CC1(C)CC(N(c2nc(F)nc(N(C3CC(C)(C)N([O])C(C)(C)C3)C3CC(C)(C)N([O])C(C)(C)C3)n2)C2CC(C)(C)N([O])C(C)(C)C2)CC(C)(C)N1[O]. The molecule has 5 heterocycles. The molecule has 4 aliphatic rings. The van der Waals surface area contributed by atoms with Crippen LogP contribution in [0.4, 0.5) is 16.3 Å². The molecule has 0 unspecified atom stereocenters. The maximum Gasteiger partial charge on any atom is 0.315 e. The molecule has 4 fully saturated rings. The highest BCUT2D eigenvalue weighted by molar-refractivity contribution is 5.44. The molecule has 4 radical (unpaired) electrons. The molecule has 1 aromatic rings. The van der Waals surface area contributed by atoms with Crippen molar-refractivity contribution in [2.75, 3.05) is 9.80 Å². The second-order valence-electron chi connectivity index (χ2n) is 21.9. The number of hydrogen-bond acceptors (Lipinski definition) is 9. The summed E-state index contributed by atoms with van der Waals surface area (Å²) in [4.78, 5) is 18.3. The Balaban J connectivity index is 1.71. The van der Waals surface area contributed by atoms with E-state index in [1.54, 1.807) is 0 Å². The third kappa shape index (κ3) is 7.82. The molecule has 4 saturated heterocycles. The number of halogens is 1. The van der Waals surface area contributed by atoms with Gasteiger partial charge in [-0.3, -0.25) is 0 Å². The first-order chi connectivity index (χ1) is 23.7. The molecule has 14 heteroatoms. The molecule has 0 N–H and O–H groups in total. The van der Waals surface area contributed by atoms with Crippen LogP contribution in [0.5, 0.6) is 0 Å². The lowest BCUT2D eigenvalue weighted by atomic mass is 9.74. The minimum atomic E-state index is -0.917. The molecule has 53 heavy (non-hydrogen) atoms. The van der Waals surface area contributed by atoms with Crippen LogP contribution in [0.1, 0.15) is 162 Å². The maximum absolute atomic E-state index is 16.3. The topological polar surface area (TPSA) is 138 Å². The van der Waals surface area contributed by atoms with E-state index in [1.165, 1.54) is 20.3 Å². The Morgan fingerprint density at radius 2 is 0.566 bits per heavy atom. The van der Waals surface area contributed by atoms with E-state index in [0.717, 1.165) is 0 Å². The number of hydroxylamine groups is 8. The molecule has 13 nitrogen and oxygen atoms in total. The van der Waals surface area contributed by atoms with Crippen molar-refractivity contribution < 1.29 is 25.2 Å². The molecule has 0 amide bonds. The van der Waals surface area contributed by atoms with Gasteiger partial charge in [0.05, 0.1) is 0 Å². The van der Waals surface area contributed by atoms with Crippen molar-refractivity contribution in [1.29, 1.82) is 0 Å². The number of piperidine rings is 4. The summed E-state index contributed by atoms with van der Waals surface area (Å²) in [6.45, 7) is 31.1. The summed E-state index contributed by atoms with van der Waals surface area (Å²) in [6, 6.07) is -0.977. The van der Waals surface area contributed by atoms with Gasteiger partial charge in [0.15, 0.2) is 0 Å². The smallest absolute Gasteiger partial charge is 0.315 e. The Kier molecular flexibility index (Phi) is 10.5. The van der Waals surface area contributed by atoms with Crippen molar-refractivity contribution in [3.63, 3.8) is 0 Å². The van der Waals surface area contributed by atoms with Gasteiger partial charge in [0, 0.05) is 68.5 Å². The summed E-state index contributed by atoms with van der Waals surface area (Å²) in [5.74, 6) is 0.368. The van der Waals surface area contributed by atoms with Crippen LogP contribution in [0.2, 0.25) is 0 Å². The lowest BCUT2D eigenvalue weighted by Crippen LogP contribution is -2.68. The van der Waals surface area contributed by atoms with Gasteiger partial charge in [-0.05, 0) is 162 Å². The van der Waals surface area contributed by atoms with Crippen molar-refractivity contribution >= 4 is 11.9 Å². The summed E-state index contributed by atoms with van der Waals surface area (Å²) in [5, 5.41) is 59.1. The second-order valence-corrected chi connectivity index (χ2v) is 21.9. The molecule has 0 aromatic carbocycles. The fourth-order valence-electron chi connectivity index (χ4n) is 11.4. The first-order valence-corrected chi connectivity index (χ1v) is 19.6. The van der Waals surface area contributed by atoms with E-state index in [9.17, 15) is 20.8 Å². The van der Waals surface area contributed by atoms with Crippen molar-refractivity contribution in [3.8, 4) is 0 Å². The van der Waals surface area contributed by atoms with Gasteiger partial charge in [0.2, 0.25) is 11.9 Å². The summed E-state index contributed by atoms with van der Waals surface area (Å²) < 4.78 is 16.3. The first kappa shape index (κ1) is 42.4. The van der Waals surface area contributed by atoms with Crippen LogP contribution in [0, 0.1) is 6.08 Å². The average molecular weight is 746 g/mol. The molecule has 0 atom stereocenters. The van der Waals surface area contributed by atoms with Gasteiger partial charge >= 0.3 is 6.08 Å². The van der Waals surface area contributed by atoms with Gasteiger partial charge in [0.25, 0.3) is 0 Å².